The van der Waals surface area contributed by atoms with Gasteiger partial charge >= 0.3 is 0 Å². The van der Waals surface area contributed by atoms with Crippen LogP contribution in [0.25, 0.3) is 0 Å². The molecule has 0 unspecified atom stereocenters. The molecule has 0 N–H and O–H groups in total. The summed E-state index contributed by atoms with van der Waals surface area (Å²) in [7, 11) is 0. The van der Waals surface area contributed by atoms with Gasteiger partial charge in [-0.15, -0.1) is 0 Å². The predicted octanol–water partition coefficient (Wildman–Crippen LogP) is 4.96. The van der Waals surface area contributed by atoms with E-state index in [9.17, 15) is 9.18 Å². The average molecular weight is 374 g/mol. The molecule has 0 saturated carbocycles. The summed E-state index contributed by atoms with van der Waals surface area (Å²) in [4.78, 5) is 10.9. The lowest BCUT2D eigenvalue weighted by atomic mass is 10.2. The van der Waals surface area contributed by atoms with Gasteiger partial charge < -0.3 is 4.74 Å². The summed E-state index contributed by atoms with van der Waals surface area (Å²) in [6, 6.07) is 9.23. The summed E-state index contributed by atoms with van der Waals surface area (Å²) in [6.45, 7) is 0. The molecule has 0 aliphatic heterocycles. The van der Waals surface area contributed by atoms with Crippen LogP contribution in [0.5, 0.6) is 11.5 Å². The van der Waals surface area contributed by atoms with Crippen LogP contribution in [-0.2, 0) is 0 Å². The molecular weight excluding hydrogens is 367 g/mol. The van der Waals surface area contributed by atoms with Crippen molar-refractivity contribution < 1.29 is 13.9 Å². The zero-order chi connectivity index (χ0) is 13.1. The van der Waals surface area contributed by atoms with E-state index in [0.29, 0.717) is 27.8 Å². The normalized spacial score (nSPS) is 10.2. The first-order chi connectivity index (χ1) is 8.58. The van der Waals surface area contributed by atoms with Gasteiger partial charge in [0.2, 0.25) is 0 Å². The number of hydrogen-bond acceptors (Lipinski definition) is 2. The van der Waals surface area contributed by atoms with Gasteiger partial charge in [-0.2, -0.15) is 0 Å². The molecule has 0 fully saturated rings. The summed E-state index contributed by atoms with van der Waals surface area (Å²) in [5.41, 5.74) is 0.393. The molecule has 0 radical (unpaired) electrons. The maximum atomic E-state index is 13.2. The van der Waals surface area contributed by atoms with E-state index in [2.05, 4.69) is 31.9 Å². The van der Waals surface area contributed by atoms with Gasteiger partial charge in [-0.1, -0.05) is 31.9 Å². The summed E-state index contributed by atoms with van der Waals surface area (Å²) in [5.74, 6) is 0.294. The molecule has 0 aromatic heterocycles. The molecule has 0 spiro atoms. The number of halogens is 3. The first-order valence-corrected chi connectivity index (χ1v) is 6.56. The van der Waals surface area contributed by atoms with Gasteiger partial charge in [-0.3, -0.25) is 4.79 Å². The lowest BCUT2D eigenvalue weighted by molar-refractivity contribution is 0.112. The van der Waals surface area contributed by atoms with Gasteiger partial charge in [0.1, 0.15) is 17.3 Å². The van der Waals surface area contributed by atoms with Crippen LogP contribution in [0.15, 0.2) is 45.3 Å². The van der Waals surface area contributed by atoms with E-state index >= 15 is 0 Å². The van der Waals surface area contributed by atoms with Crippen molar-refractivity contribution in [1.29, 1.82) is 0 Å². The first kappa shape index (κ1) is 13.2. The van der Waals surface area contributed by atoms with Crippen LogP contribution in [0.2, 0.25) is 0 Å². The fourth-order valence-electron chi connectivity index (χ4n) is 1.42. The first-order valence-electron chi connectivity index (χ1n) is 4.97. The van der Waals surface area contributed by atoms with E-state index < -0.39 is 5.82 Å². The minimum atomic E-state index is -0.413. The summed E-state index contributed by atoms with van der Waals surface area (Å²) < 4.78 is 20.0. The van der Waals surface area contributed by atoms with Crippen LogP contribution < -0.4 is 4.74 Å². The second-order valence-corrected chi connectivity index (χ2v) is 5.34. The van der Waals surface area contributed by atoms with Crippen LogP contribution in [0.1, 0.15) is 10.4 Å². The molecule has 92 valence electrons. The monoisotopic (exact) mass is 372 g/mol. The molecule has 0 aliphatic carbocycles. The number of ether oxygens (including phenoxy) is 1. The molecule has 2 nitrogen and oxygen atoms in total. The van der Waals surface area contributed by atoms with Crippen molar-refractivity contribution in [2.75, 3.05) is 0 Å². The minimum Gasteiger partial charge on any atom is -0.456 e. The standard InChI is InChI=1S/C13H7Br2FO2/c14-9-1-2-13(8(3-9)7-17)18-12-5-10(15)4-11(16)6-12/h1-7H. The van der Waals surface area contributed by atoms with Gasteiger partial charge in [-0.05, 0) is 30.3 Å². The second kappa shape index (κ2) is 5.63. The Bertz CT molecular complexity index is 579. The van der Waals surface area contributed by atoms with Gasteiger partial charge in [-0.25, -0.2) is 4.39 Å². The molecule has 2 aromatic rings. The largest absolute Gasteiger partial charge is 0.456 e. The SMILES string of the molecule is O=Cc1cc(Br)ccc1Oc1cc(F)cc(Br)c1. The Balaban J connectivity index is 2.36. The predicted molar refractivity (Wildman–Crippen MR) is 73.7 cm³/mol. The Labute approximate surface area is 120 Å². The molecular formula is C13H7Br2FO2. The van der Waals surface area contributed by atoms with Gasteiger partial charge in [0, 0.05) is 15.0 Å². The van der Waals surface area contributed by atoms with Crippen LogP contribution in [-0.4, -0.2) is 6.29 Å². The molecule has 0 aliphatic rings. The summed E-state index contributed by atoms with van der Waals surface area (Å²) in [6.07, 6.45) is 0.689. The molecule has 0 amide bonds. The minimum absolute atomic E-state index is 0.326. The Kier molecular flexibility index (Phi) is 4.14. The lowest BCUT2D eigenvalue weighted by Crippen LogP contribution is -1.91. The van der Waals surface area contributed by atoms with Gasteiger partial charge in [0.15, 0.2) is 6.29 Å². The molecule has 2 rings (SSSR count). The number of hydrogen-bond donors (Lipinski definition) is 0. The van der Waals surface area contributed by atoms with E-state index in [0.717, 1.165) is 4.47 Å². The zero-order valence-corrected chi connectivity index (χ0v) is 12.2. The van der Waals surface area contributed by atoms with Crippen molar-refractivity contribution in [3.05, 3.63) is 56.7 Å². The number of carbonyl (C=O) groups is 1. The number of rotatable bonds is 3. The van der Waals surface area contributed by atoms with Crippen LogP contribution in [0.3, 0.4) is 0 Å². The van der Waals surface area contributed by atoms with Crippen molar-refractivity contribution in [2.45, 2.75) is 0 Å². The van der Waals surface area contributed by atoms with E-state index in [1.54, 1.807) is 24.3 Å². The van der Waals surface area contributed by atoms with E-state index in [4.69, 9.17) is 4.74 Å². The molecule has 18 heavy (non-hydrogen) atoms. The maximum absolute atomic E-state index is 13.2. The third-order valence-corrected chi connectivity index (χ3v) is 3.11. The molecule has 0 saturated heterocycles. The van der Waals surface area contributed by atoms with E-state index in [1.165, 1.54) is 12.1 Å². The Morgan fingerprint density at radius 3 is 2.50 bits per heavy atom. The molecule has 0 bridgehead atoms. The third-order valence-electron chi connectivity index (χ3n) is 2.16. The van der Waals surface area contributed by atoms with Gasteiger partial charge in [0.05, 0.1) is 5.56 Å². The van der Waals surface area contributed by atoms with Crippen LogP contribution in [0.4, 0.5) is 4.39 Å². The highest BCUT2D eigenvalue weighted by atomic mass is 79.9. The van der Waals surface area contributed by atoms with Crippen LogP contribution in [0, 0.1) is 5.82 Å². The zero-order valence-electron chi connectivity index (χ0n) is 8.99. The highest BCUT2D eigenvalue weighted by Gasteiger charge is 2.07. The topological polar surface area (TPSA) is 26.3 Å². The molecule has 0 heterocycles. The molecule has 0 atom stereocenters. The summed E-state index contributed by atoms with van der Waals surface area (Å²) in [5, 5.41) is 0. The lowest BCUT2D eigenvalue weighted by Gasteiger charge is -2.08. The van der Waals surface area contributed by atoms with Gasteiger partial charge in [0.25, 0.3) is 0 Å². The van der Waals surface area contributed by atoms with Crippen molar-refractivity contribution in [1.82, 2.24) is 0 Å². The van der Waals surface area contributed by atoms with Crippen molar-refractivity contribution in [3.63, 3.8) is 0 Å². The summed E-state index contributed by atoms with van der Waals surface area (Å²) >= 11 is 6.44. The van der Waals surface area contributed by atoms with Crippen molar-refractivity contribution >= 4 is 38.1 Å². The fraction of sp³-hybridized carbons (Fsp3) is 0. The smallest absolute Gasteiger partial charge is 0.153 e. The van der Waals surface area contributed by atoms with E-state index in [1.807, 2.05) is 0 Å². The van der Waals surface area contributed by atoms with Crippen LogP contribution >= 0.6 is 31.9 Å². The maximum Gasteiger partial charge on any atom is 0.153 e. The molecule has 5 heteroatoms. The Hall–Kier alpha value is -1.20. The number of carbonyl (C=O) groups excluding carboxylic acids is 1. The number of benzene rings is 2. The third kappa shape index (κ3) is 3.17. The van der Waals surface area contributed by atoms with E-state index in [-0.39, 0.29) is 0 Å². The number of aldehydes is 1. The highest BCUT2D eigenvalue weighted by Crippen LogP contribution is 2.29. The quantitative estimate of drug-likeness (QED) is 0.711. The molecule has 2 aromatic carbocycles. The Morgan fingerprint density at radius 2 is 1.83 bits per heavy atom. The fourth-order valence-corrected chi connectivity index (χ4v) is 2.24. The Morgan fingerprint density at radius 1 is 1.06 bits per heavy atom. The van der Waals surface area contributed by atoms with Crippen molar-refractivity contribution in [3.8, 4) is 11.5 Å². The second-order valence-electron chi connectivity index (χ2n) is 3.51. The highest BCUT2D eigenvalue weighted by molar-refractivity contribution is 9.10. The average Bonchev–Trinajstić information content (AvgIpc) is 2.30. The van der Waals surface area contributed by atoms with Crippen molar-refractivity contribution in [2.24, 2.45) is 0 Å².